The highest BCUT2D eigenvalue weighted by Crippen LogP contribution is 2.48. The highest BCUT2D eigenvalue weighted by atomic mass is 32.2. The predicted octanol–water partition coefficient (Wildman–Crippen LogP) is 5.99. The number of anilines is 1. The van der Waals surface area contributed by atoms with Gasteiger partial charge in [-0.05, 0) is 23.0 Å². The molecule has 5 rings (SSSR count). The van der Waals surface area contributed by atoms with Crippen molar-refractivity contribution in [1.82, 2.24) is 10.2 Å². The number of nitrogens with zero attached hydrogens (tertiary/aromatic N) is 3. The maximum absolute atomic E-state index is 13.5. The second-order valence-corrected chi connectivity index (χ2v) is 11.5. The molecule has 2 aromatic carbocycles. The van der Waals surface area contributed by atoms with Crippen LogP contribution in [0, 0.1) is 5.41 Å². The molecule has 3 aromatic rings. The van der Waals surface area contributed by atoms with Crippen molar-refractivity contribution < 1.29 is 9.59 Å². The lowest BCUT2D eigenvalue weighted by Crippen LogP contribution is -2.43. The van der Waals surface area contributed by atoms with Gasteiger partial charge in [-0.2, -0.15) is 0 Å². The Balaban J connectivity index is 1.50. The van der Waals surface area contributed by atoms with Gasteiger partial charge >= 0.3 is 0 Å². The Hall–Kier alpha value is -2.77. The van der Waals surface area contributed by atoms with E-state index in [1.165, 1.54) is 16.9 Å². The number of Topliss-reactive ketones (excluding diaryl/α,β-unsaturated/α-hetero) is 1. The molecule has 0 unspecified atom stereocenters. The molecule has 5 nitrogen and oxygen atoms in total. The number of carbonyl (C=O) groups excluding carboxylic acids is 2. The van der Waals surface area contributed by atoms with Crippen molar-refractivity contribution in [2.24, 2.45) is 5.41 Å². The molecule has 0 bridgehead atoms. The number of benzene rings is 2. The van der Waals surface area contributed by atoms with Gasteiger partial charge in [-0.3, -0.25) is 14.5 Å². The third-order valence-corrected chi connectivity index (χ3v) is 8.25. The van der Waals surface area contributed by atoms with Crippen molar-refractivity contribution in [1.29, 1.82) is 0 Å². The zero-order chi connectivity index (χ0) is 23.0. The molecule has 2 aliphatic rings. The second kappa shape index (κ2) is 8.88. The lowest BCUT2D eigenvalue weighted by atomic mass is 9.69. The minimum absolute atomic E-state index is 0.0242. The van der Waals surface area contributed by atoms with Crippen molar-refractivity contribution in [3.8, 4) is 0 Å². The van der Waals surface area contributed by atoms with Crippen LogP contribution >= 0.6 is 23.1 Å². The molecule has 33 heavy (non-hydrogen) atoms. The fourth-order valence-electron chi connectivity index (χ4n) is 4.68. The molecular formula is C26H25N3O2S2. The standard InChI is InChI=1S/C26H25N3O2S2/c1-26(2)14-20-23(21(30)15-26)19(18-11-7-4-8-12-18)13-22(31)29(20)24-27-28-25(33-24)32-16-17-9-5-3-6-10-17/h3-12,19H,13-16H2,1-2H3/t19-/m1/s1. The number of allylic oxidation sites excluding steroid dienone is 2. The highest BCUT2D eigenvalue weighted by Gasteiger charge is 2.45. The van der Waals surface area contributed by atoms with Crippen LogP contribution in [0.15, 0.2) is 76.3 Å². The Morgan fingerprint density at radius 2 is 1.70 bits per heavy atom. The van der Waals surface area contributed by atoms with Crippen LogP contribution in [0.3, 0.4) is 0 Å². The normalized spacial score (nSPS) is 20.2. The summed E-state index contributed by atoms with van der Waals surface area (Å²) < 4.78 is 0.815. The van der Waals surface area contributed by atoms with Crippen LogP contribution in [0.1, 0.15) is 50.2 Å². The molecule has 0 N–H and O–H groups in total. The van der Waals surface area contributed by atoms with Crippen LogP contribution in [-0.2, 0) is 15.3 Å². The predicted molar refractivity (Wildman–Crippen MR) is 132 cm³/mol. The SMILES string of the molecule is CC1(C)CC(=O)C2=C(C1)N(c1nnc(SCc3ccccc3)s1)C(=O)C[C@@H]2c1ccccc1. The van der Waals surface area contributed by atoms with Crippen LogP contribution in [0.2, 0.25) is 0 Å². The van der Waals surface area contributed by atoms with Gasteiger partial charge in [0, 0.05) is 35.8 Å². The number of carbonyl (C=O) groups is 2. The van der Waals surface area contributed by atoms with E-state index in [-0.39, 0.29) is 29.4 Å². The second-order valence-electron chi connectivity index (χ2n) is 9.32. The molecule has 1 aliphatic heterocycles. The van der Waals surface area contributed by atoms with Gasteiger partial charge in [0.2, 0.25) is 11.0 Å². The first-order valence-corrected chi connectivity index (χ1v) is 12.9. The van der Waals surface area contributed by atoms with Crippen LogP contribution in [0.4, 0.5) is 5.13 Å². The molecule has 0 radical (unpaired) electrons. The number of rotatable bonds is 5. The molecule has 1 aliphatic carbocycles. The van der Waals surface area contributed by atoms with Gasteiger partial charge in [-0.1, -0.05) is 97.6 Å². The Morgan fingerprint density at radius 3 is 2.42 bits per heavy atom. The summed E-state index contributed by atoms with van der Waals surface area (Å²) in [7, 11) is 0. The van der Waals surface area contributed by atoms with E-state index in [2.05, 4.69) is 36.2 Å². The number of ketones is 1. The Bertz CT molecular complexity index is 1220. The number of amides is 1. The van der Waals surface area contributed by atoms with E-state index in [4.69, 9.17) is 0 Å². The zero-order valence-electron chi connectivity index (χ0n) is 18.7. The average molecular weight is 476 g/mol. The van der Waals surface area contributed by atoms with Gasteiger partial charge in [0.25, 0.3) is 0 Å². The van der Waals surface area contributed by atoms with Crippen molar-refractivity contribution >= 4 is 39.9 Å². The number of hydrogen-bond donors (Lipinski definition) is 0. The summed E-state index contributed by atoms with van der Waals surface area (Å²) in [4.78, 5) is 28.5. The third-order valence-electron chi connectivity index (χ3n) is 6.14. The van der Waals surface area contributed by atoms with Crippen molar-refractivity contribution in [3.05, 3.63) is 83.1 Å². The van der Waals surface area contributed by atoms with Crippen LogP contribution in [-0.4, -0.2) is 21.9 Å². The maximum atomic E-state index is 13.5. The van der Waals surface area contributed by atoms with Crippen molar-refractivity contribution in [3.63, 3.8) is 0 Å². The summed E-state index contributed by atoms with van der Waals surface area (Å²) in [6, 6.07) is 20.1. The first-order valence-electron chi connectivity index (χ1n) is 11.1. The smallest absolute Gasteiger partial charge is 0.234 e. The molecule has 1 amide bonds. The summed E-state index contributed by atoms with van der Waals surface area (Å²) in [5, 5.41) is 9.27. The molecule has 1 atom stereocenters. The van der Waals surface area contributed by atoms with Gasteiger partial charge in [-0.15, -0.1) is 10.2 Å². The summed E-state index contributed by atoms with van der Waals surface area (Å²) >= 11 is 3.03. The minimum atomic E-state index is -0.206. The molecule has 0 saturated heterocycles. The molecule has 0 fully saturated rings. The number of aromatic nitrogens is 2. The van der Waals surface area contributed by atoms with Gasteiger partial charge in [0.05, 0.1) is 0 Å². The molecule has 1 aromatic heterocycles. The van der Waals surface area contributed by atoms with E-state index in [0.29, 0.717) is 18.0 Å². The van der Waals surface area contributed by atoms with E-state index in [1.807, 2.05) is 48.5 Å². The molecule has 7 heteroatoms. The number of thioether (sulfide) groups is 1. The van der Waals surface area contributed by atoms with Crippen LogP contribution < -0.4 is 4.90 Å². The molecular weight excluding hydrogens is 450 g/mol. The Kier molecular flexibility index (Phi) is 5.93. The highest BCUT2D eigenvalue weighted by molar-refractivity contribution is 8.00. The monoisotopic (exact) mass is 475 g/mol. The first-order chi connectivity index (χ1) is 15.9. The van der Waals surface area contributed by atoms with Crippen molar-refractivity contribution in [2.75, 3.05) is 4.90 Å². The summed E-state index contributed by atoms with van der Waals surface area (Å²) in [6.45, 7) is 4.18. The minimum Gasteiger partial charge on any atom is -0.294 e. The summed E-state index contributed by atoms with van der Waals surface area (Å²) in [5.41, 5.74) is 3.60. The fourth-order valence-corrected chi connectivity index (χ4v) is 6.52. The topological polar surface area (TPSA) is 63.2 Å². The lowest BCUT2D eigenvalue weighted by molar-refractivity contribution is -0.121. The van der Waals surface area contributed by atoms with Crippen molar-refractivity contribution in [2.45, 2.75) is 49.1 Å². The molecule has 168 valence electrons. The number of hydrogen-bond acceptors (Lipinski definition) is 6. The van der Waals surface area contributed by atoms with Gasteiger partial charge in [-0.25, -0.2) is 0 Å². The summed E-state index contributed by atoms with van der Waals surface area (Å²) in [5.74, 6) is 0.701. The first kappa shape index (κ1) is 22.0. The van der Waals surface area contributed by atoms with Gasteiger partial charge in [0.1, 0.15) is 0 Å². The fraction of sp³-hybridized carbons (Fsp3) is 0.308. The van der Waals surface area contributed by atoms with Crippen LogP contribution in [0.25, 0.3) is 0 Å². The quantitative estimate of drug-likeness (QED) is 0.335. The van der Waals surface area contributed by atoms with Gasteiger partial charge in [0.15, 0.2) is 10.1 Å². The third kappa shape index (κ3) is 4.52. The Morgan fingerprint density at radius 1 is 1.00 bits per heavy atom. The molecule has 0 spiro atoms. The van der Waals surface area contributed by atoms with E-state index >= 15 is 0 Å². The van der Waals surface area contributed by atoms with E-state index in [9.17, 15) is 9.59 Å². The summed E-state index contributed by atoms with van der Waals surface area (Å²) in [6.07, 6.45) is 1.42. The Labute approximate surface area is 201 Å². The largest absolute Gasteiger partial charge is 0.294 e. The van der Waals surface area contributed by atoms with Gasteiger partial charge < -0.3 is 0 Å². The van der Waals surface area contributed by atoms with E-state index in [1.54, 1.807) is 16.7 Å². The van der Waals surface area contributed by atoms with Crippen LogP contribution in [0.5, 0.6) is 0 Å². The lowest BCUT2D eigenvalue weighted by Gasteiger charge is -2.41. The van der Waals surface area contributed by atoms with E-state index < -0.39 is 0 Å². The molecule has 2 heterocycles. The maximum Gasteiger partial charge on any atom is 0.234 e. The molecule has 0 saturated carbocycles. The zero-order valence-corrected chi connectivity index (χ0v) is 20.3. The average Bonchev–Trinajstić information content (AvgIpc) is 3.26. The van der Waals surface area contributed by atoms with E-state index in [0.717, 1.165) is 26.9 Å².